The Bertz CT molecular complexity index is 742. The van der Waals surface area contributed by atoms with Gasteiger partial charge in [-0.1, -0.05) is 86.7 Å². The number of rotatable bonds is 11. The molecule has 2 nitrogen and oxygen atoms in total. The van der Waals surface area contributed by atoms with Crippen molar-refractivity contribution in [3.8, 4) is 0 Å². The van der Waals surface area contributed by atoms with Gasteiger partial charge in [-0.05, 0) is 98.9 Å². The highest BCUT2D eigenvalue weighted by Crippen LogP contribution is 2.69. The van der Waals surface area contributed by atoms with Gasteiger partial charge in [0.1, 0.15) is 0 Å². The Balaban J connectivity index is 1.39. The summed E-state index contributed by atoms with van der Waals surface area (Å²) >= 11 is 3.53. The number of allylic oxidation sites excluding steroid dienone is 1. The summed E-state index contributed by atoms with van der Waals surface area (Å²) in [6, 6.07) is 0. The van der Waals surface area contributed by atoms with E-state index in [9.17, 15) is 9.90 Å². The fraction of sp³-hybridized carbons (Fsp3) is 0.903. The molecule has 3 heteroatoms. The van der Waals surface area contributed by atoms with E-state index in [-0.39, 0.29) is 10.8 Å². The maximum absolute atomic E-state index is 12.4. The van der Waals surface area contributed by atoms with Crippen molar-refractivity contribution in [2.75, 3.05) is 5.33 Å². The van der Waals surface area contributed by atoms with Gasteiger partial charge in [0.05, 0.1) is 5.60 Å². The van der Waals surface area contributed by atoms with Gasteiger partial charge in [0, 0.05) is 11.8 Å². The minimum absolute atomic E-state index is 0.0727. The number of fused-ring (bicyclic) bond motifs is 5. The first kappa shape index (κ1) is 26.9. The topological polar surface area (TPSA) is 37.3 Å². The second-order valence-corrected chi connectivity index (χ2v) is 14.0. The maximum atomic E-state index is 12.4. The number of hydrogen-bond acceptors (Lipinski definition) is 2. The van der Waals surface area contributed by atoms with Gasteiger partial charge < -0.3 is 5.11 Å². The van der Waals surface area contributed by atoms with Gasteiger partial charge in [-0.3, -0.25) is 4.79 Å². The van der Waals surface area contributed by atoms with Crippen LogP contribution in [0.15, 0.2) is 11.6 Å². The van der Waals surface area contributed by atoms with E-state index in [2.05, 4.69) is 42.8 Å². The van der Waals surface area contributed by atoms with E-state index in [0.29, 0.717) is 23.5 Å². The van der Waals surface area contributed by atoms with Crippen molar-refractivity contribution < 1.29 is 9.90 Å². The average Bonchev–Trinajstić information content (AvgIpc) is 3.05. The molecule has 4 aliphatic carbocycles. The minimum Gasteiger partial charge on any atom is -0.390 e. The van der Waals surface area contributed by atoms with Crippen molar-refractivity contribution in [2.45, 2.75) is 136 Å². The number of carbonyl (C=O) groups is 1. The molecule has 4 aliphatic rings. The highest BCUT2D eigenvalue weighted by atomic mass is 79.9. The molecule has 3 fully saturated rings. The fourth-order valence-electron chi connectivity index (χ4n) is 8.98. The molecule has 0 heterocycles. The van der Waals surface area contributed by atoms with Gasteiger partial charge in [-0.25, -0.2) is 0 Å². The highest BCUT2D eigenvalue weighted by Gasteiger charge is 2.64. The monoisotopic (exact) mass is 534 g/mol. The van der Waals surface area contributed by atoms with Crippen molar-refractivity contribution >= 4 is 21.7 Å². The standard InChI is InChI=1S/C31H51BrO2/c1-29-17-14-25(33)22-24(29)21-23(13-11-9-7-5-4-6-8-10-12-20-32)28-26(29)15-18-30(2)27(28)16-19-31(30,3)34/h22-23,26-28,34H,4-21H2,1-3H3/t23-,26?,27?,28?,29+,30+,31+/m1/s1. The van der Waals surface area contributed by atoms with E-state index in [1.807, 2.05) is 0 Å². The highest BCUT2D eigenvalue weighted by molar-refractivity contribution is 9.09. The first-order chi connectivity index (χ1) is 16.2. The first-order valence-electron chi connectivity index (χ1n) is 14.8. The molecule has 0 bridgehead atoms. The van der Waals surface area contributed by atoms with Crippen LogP contribution in [0.25, 0.3) is 0 Å². The Labute approximate surface area is 218 Å². The van der Waals surface area contributed by atoms with Crippen LogP contribution in [0.2, 0.25) is 0 Å². The van der Waals surface area contributed by atoms with Crippen molar-refractivity contribution in [3.05, 3.63) is 11.6 Å². The molecule has 3 saturated carbocycles. The summed E-state index contributed by atoms with van der Waals surface area (Å²) in [4.78, 5) is 12.4. The number of carbonyl (C=O) groups excluding carboxylic acids is 1. The summed E-state index contributed by atoms with van der Waals surface area (Å²) in [5.74, 6) is 3.17. The Morgan fingerprint density at radius 3 is 2.18 bits per heavy atom. The Hall–Kier alpha value is -0.150. The Morgan fingerprint density at radius 1 is 0.882 bits per heavy atom. The maximum Gasteiger partial charge on any atom is 0.155 e. The number of ketones is 1. The van der Waals surface area contributed by atoms with Gasteiger partial charge in [0.25, 0.3) is 0 Å². The van der Waals surface area contributed by atoms with Crippen molar-refractivity contribution in [1.29, 1.82) is 0 Å². The van der Waals surface area contributed by atoms with Gasteiger partial charge in [-0.15, -0.1) is 0 Å². The Kier molecular flexibility index (Phi) is 8.76. The van der Waals surface area contributed by atoms with E-state index in [0.717, 1.165) is 43.4 Å². The van der Waals surface area contributed by atoms with E-state index < -0.39 is 5.60 Å². The molecule has 194 valence electrons. The van der Waals surface area contributed by atoms with Crippen LogP contribution in [0.3, 0.4) is 0 Å². The summed E-state index contributed by atoms with van der Waals surface area (Å²) in [7, 11) is 0. The number of halogens is 1. The zero-order valence-corrected chi connectivity index (χ0v) is 23.9. The Morgan fingerprint density at radius 2 is 1.50 bits per heavy atom. The largest absolute Gasteiger partial charge is 0.390 e. The number of unbranched alkanes of at least 4 members (excludes halogenated alkanes) is 8. The molecule has 3 unspecified atom stereocenters. The van der Waals surface area contributed by atoms with Gasteiger partial charge in [0.15, 0.2) is 5.78 Å². The lowest BCUT2D eigenvalue weighted by molar-refractivity contribution is -0.135. The predicted molar refractivity (Wildman–Crippen MR) is 146 cm³/mol. The molecule has 1 N–H and O–H groups in total. The van der Waals surface area contributed by atoms with Crippen LogP contribution in [0, 0.1) is 34.5 Å². The third-order valence-corrected chi connectivity index (χ3v) is 12.0. The molecule has 0 amide bonds. The molecule has 7 atom stereocenters. The molecule has 34 heavy (non-hydrogen) atoms. The zero-order chi connectivity index (χ0) is 24.4. The lowest BCUT2D eigenvalue weighted by Crippen LogP contribution is -2.56. The lowest BCUT2D eigenvalue weighted by Gasteiger charge is -2.61. The van der Waals surface area contributed by atoms with E-state index >= 15 is 0 Å². The van der Waals surface area contributed by atoms with Gasteiger partial charge in [0.2, 0.25) is 0 Å². The molecule has 0 aromatic rings. The lowest BCUT2D eigenvalue weighted by atomic mass is 9.44. The smallest absolute Gasteiger partial charge is 0.155 e. The second kappa shape index (κ2) is 11.1. The van der Waals surface area contributed by atoms with Gasteiger partial charge in [-0.2, -0.15) is 0 Å². The average molecular weight is 536 g/mol. The van der Waals surface area contributed by atoms with Crippen molar-refractivity contribution in [3.63, 3.8) is 0 Å². The molecular weight excluding hydrogens is 484 g/mol. The van der Waals surface area contributed by atoms with Crippen LogP contribution in [-0.4, -0.2) is 21.8 Å². The quantitative estimate of drug-likeness (QED) is 0.212. The van der Waals surface area contributed by atoms with Gasteiger partial charge >= 0.3 is 0 Å². The van der Waals surface area contributed by atoms with Crippen LogP contribution < -0.4 is 0 Å². The molecule has 0 aromatic carbocycles. The summed E-state index contributed by atoms with van der Waals surface area (Å²) in [5.41, 5.74) is 1.27. The SMILES string of the molecule is C[C@]12CCC(=O)C=C1C[C@@H](CCCCCCCCCCCBr)C1C2CC[C@@]2(C)C1CC[C@]2(C)O. The van der Waals surface area contributed by atoms with E-state index in [1.165, 1.54) is 82.6 Å². The number of hydrogen-bond donors (Lipinski definition) is 1. The number of alkyl halides is 1. The fourth-order valence-corrected chi connectivity index (χ4v) is 9.38. The normalized spacial score (nSPS) is 41.6. The molecule has 0 aromatic heterocycles. The predicted octanol–water partition coefficient (Wildman–Crippen LogP) is 8.79. The number of aliphatic hydroxyl groups is 1. The molecule has 0 spiro atoms. The van der Waals surface area contributed by atoms with Crippen LogP contribution in [0.5, 0.6) is 0 Å². The summed E-state index contributed by atoms with van der Waals surface area (Å²) in [5, 5.41) is 12.5. The summed E-state index contributed by atoms with van der Waals surface area (Å²) in [6.07, 6.45) is 23.3. The second-order valence-electron chi connectivity index (χ2n) is 13.2. The first-order valence-corrected chi connectivity index (χ1v) is 15.9. The van der Waals surface area contributed by atoms with E-state index in [4.69, 9.17) is 0 Å². The minimum atomic E-state index is -0.513. The molecule has 0 aliphatic heterocycles. The van der Waals surface area contributed by atoms with Crippen LogP contribution in [0.4, 0.5) is 0 Å². The summed E-state index contributed by atoms with van der Waals surface area (Å²) < 4.78 is 0. The van der Waals surface area contributed by atoms with Crippen LogP contribution >= 0.6 is 15.9 Å². The zero-order valence-electron chi connectivity index (χ0n) is 22.3. The third-order valence-electron chi connectivity index (χ3n) is 11.4. The molecule has 4 rings (SSSR count). The molecular formula is C31H51BrO2. The molecule has 0 radical (unpaired) electrons. The van der Waals surface area contributed by atoms with Crippen molar-refractivity contribution in [1.82, 2.24) is 0 Å². The van der Waals surface area contributed by atoms with E-state index in [1.54, 1.807) is 0 Å². The van der Waals surface area contributed by atoms with Crippen molar-refractivity contribution in [2.24, 2.45) is 34.5 Å². The van der Waals surface area contributed by atoms with Crippen LogP contribution in [-0.2, 0) is 4.79 Å². The third kappa shape index (κ3) is 5.13. The molecule has 0 saturated heterocycles. The van der Waals surface area contributed by atoms with Crippen LogP contribution in [0.1, 0.15) is 130 Å². The summed E-state index contributed by atoms with van der Waals surface area (Å²) in [6.45, 7) is 7.03.